The first-order valence-corrected chi connectivity index (χ1v) is 7.16. The number of aryl methyl sites for hydroxylation is 1. The van der Waals surface area contributed by atoms with Crippen LogP contribution in [0.2, 0.25) is 0 Å². The zero-order chi connectivity index (χ0) is 13.1. The standard InChI is InChI=1S/C12H10FIN2OS/c1-7-6-18-11(16-7)5-15-12(17)9-3-2-8(13)4-10(9)14/h2-4,6H,5H2,1H3,(H,15,17). The van der Waals surface area contributed by atoms with E-state index < -0.39 is 0 Å². The molecule has 0 bridgehead atoms. The lowest BCUT2D eigenvalue weighted by Crippen LogP contribution is -2.23. The van der Waals surface area contributed by atoms with Gasteiger partial charge in [0.05, 0.1) is 12.1 Å². The van der Waals surface area contributed by atoms with Crippen molar-refractivity contribution < 1.29 is 9.18 Å². The second kappa shape index (κ2) is 5.75. The van der Waals surface area contributed by atoms with Gasteiger partial charge in [0.25, 0.3) is 5.91 Å². The van der Waals surface area contributed by atoms with Crippen molar-refractivity contribution in [3.8, 4) is 0 Å². The van der Waals surface area contributed by atoms with Crippen LogP contribution in [0.1, 0.15) is 21.1 Å². The van der Waals surface area contributed by atoms with Crippen molar-refractivity contribution in [3.05, 3.63) is 49.2 Å². The SMILES string of the molecule is Cc1csc(CNC(=O)c2ccc(F)cc2I)n1. The Bertz CT molecular complexity index is 585. The molecule has 2 aromatic rings. The van der Waals surface area contributed by atoms with E-state index in [0.29, 0.717) is 15.7 Å². The van der Waals surface area contributed by atoms with Crippen molar-refractivity contribution in [2.24, 2.45) is 0 Å². The highest BCUT2D eigenvalue weighted by molar-refractivity contribution is 14.1. The van der Waals surface area contributed by atoms with E-state index in [9.17, 15) is 9.18 Å². The summed E-state index contributed by atoms with van der Waals surface area (Å²) < 4.78 is 13.5. The van der Waals surface area contributed by atoms with Crippen LogP contribution in [0.25, 0.3) is 0 Å². The number of hydrogen-bond acceptors (Lipinski definition) is 3. The molecule has 0 atom stereocenters. The van der Waals surface area contributed by atoms with Gasteiger partial charge in [-0.2, -0.15) is 0 Å². The Morgan fingerprint density at radius 3 is 2.94 bits per heavy atom. The summed E-state index contributed by atoms with van der Waals surface area (Å²) >= 11 is 3.45. The summed E-state index contributed by atoms with van der Waals surface area (Å²) in [6.45, 7) is 2.30. The molecule has 0 aliphatic heterocycles. The molecule has 0 spiro atoms. The van der Waals surface area contributed by atoms with Crippen molar-refractivity contribution in [1.82, 2.24) is 10.3 Å². The molecule has 18 heavy (non-hydrogen) atoms. The number of carbonyl (C=O) groups is 1. The number of halogens is 2. The Morgan fingerprint density at radius 1 is 1.56 bits per heavy atom. The maximum absolute atomic E-state index is 12.9. The molecule has 0 unspecified atom stereocenters. The molecule has 0 radical (unpaired) electrons. The van der Waals surface area contributed by atoms with E-state index in [4.69, 9.17) is 0 Å². The molecule has 94 valence electrons. The van der Waals surface area contributed by atoms with Crippen LogP contribution < -0.4 is 5.32 Å². The number of aromatic nitrogens is 1. The minimum absolute atomic E-state index is 0.216. The third-order valence-electron chi connectivity index (χ3n) is 2.24. The average molecular weight is 376 g/mol. The van der Waals surface area contributed by atoms with E-state index in [-0.39, 0.29) is 11.7 Å². The van der Waals surface area contributed by atoms with Crippen LogP contribution in [0, 0.1) is 16.3 Å². The molecule has 0 aliphatic rings. The molecule has 1 amide bonds. The van der Waals surface area contributed by atoms with Crippen molar-refractivity contribution in [2.75, 3.05) is 0 Å². The Hall–Kier alpha value is -1.02. The molecule has 1 N–H and O–H groups in total. The van der Waals surface area contributed by atoms with Gasteiger partial charge in [-0.3, -0.25) is 4.79 Å². The van der Waals surface area contributed by atoms with E-state index in [1.54, 1.807) is 0 Å². The number of nitrogens with zero attached hydrogens (tertiary/aromatic N) is 1. The molecule has 0 saturated heterocycles. The van der Waals surface area contributed by atoms with Gasteiger partial charge in [0.15, 0.2) is 0 Å². The number of hydrogen-bond donors (Lipinski definition) is 1. The highest BCUT2D eigenvalue weighted by Gasteiger charge is 2.10. The number of thiazole rings is 1. The minimum atomic E-state index is -0.341. The van der Waals surface area contributed by atoms with Crippen molar-refractivity contribution in [3.63, 3.8) is 0 Å². The fraction of sp³-hybridized carbons (Fsp3) is 0.167. The van der Waals surface area contributed by atoms with Gasteiger partial charge < -0.3 is 5.32 Å². The second-order valence-electron chi connectivity index (χ2n) is 3.69. The molecule has 0 fully saturated rings. The van der Waals surface area contributed by atoms with Gasteiger partial charge >= 0.3 is 0 Å². The van der Waals surface area contributed by atoms with Crippen LogP contribution in [0.4, 0.5) is 4.39 Å². The number of rotatable bonds is 3. The lowest BCUT2D eigenvalue weighted by atomic mass is 10.2. The summed E-state index contributed by atoms with van der Waals surface area (Å²) in [6, 6.07) is 4.10. The monoisotopic (exact) mass is 376 g/mol. The zero-order valence-corrected chi connectivity index (χ0v) is 12.5. The summed E-state index contributed by atoms with van der Waals surface area (Å²) in [5.41, 5.74) is 1.42. The molecule has 1 aromatic heterocycles. The fourth-order valence-corrected chi connectivity index (χ4v) is 2.84. The normalized spacial score (nSPS) is 10.4. The topological polar surface area (TPSA) is 42.0 Å². The maximum atomic E-state index is 12.9. The summed E-state index contributed by atoms with van der Waals surface area (Å²) in [6.07, 6.45) is 0. The lowest BCUT2D eigenvalue weighted by Gasteiger charge is -2.05. The van der Waals surface area contributed by atoms with Crippen molar-refractivity contribution in [1.29, 1.82) is 0 Å². The molecule has 6 heteroatoms. The summed E-state index contributed by atoms with van der Waals surface area (Å²) in [5.74, 6) is -0.557. The second-order valence-corrected chi connectivity index (χ2v) is 5.79. The number of carbonyl (C=O) groups excluding carboxylic acids is 1. The Labute approximate surface area is 122 Å². The summed E-state index contributed by atoms with van der Waals surface area (Å²) in [5, 5.41) is 5.56. The lowest BCUT2D eigenvalue weighted by molar-refractivity contribution is 0.0950. The smallest absolute Gasteiger partial charge is 0.252 e. The molecule has 1 aromatic carbocycles. The Balaban J connectivity index is 2.03. The van der Waals surface area contributed by atoms with Gasteiger partial charge in [-0.05, 0) is 47.7 Å². The zero-order valence-electron chi connectivity index (χ0n) is 9.54. The first-order chi connectivity index (χ1) is 8.56. The van der Waals surface area contributed by atoms with Crippen LogP contribution in [0.5, 0.6) is 0 Å². The third-order valence-corrected chi connectivity index (χ3v) is 4.10. The molecule has 0 aliphatic carbocycles. The largest absolute Gasteiger partial charge is 0.345 e. The van der Waals surface area contributed by atoms with Gasteiger partial charge in [0.2, 0.25) is 0 Å². The van der Waals surface area contributed by atoms with Crippen LogP contribution in [0.15, 0.2) is 23.6 Å². The predicted octanol–water partition coefficient (Wildman–Crippen LogP) is 3.13. The van der Waals surface area contributed by atoms with Gasteiger partial charge in [-0.1, -0.05) is 0 Å². The van der Waals surface area contributed by atoms with Gasteiger partial charge in [-0.25, -0.2) is 9.37 Å². The van der Waals surface area contributed by atoms with Gasteiger partial charge in [0.1, 0.15) is 10.8 Å². The first kappa shape index (κ1) is 13.4. The van der Waals surface area contributed by atoms with Gasteiger partial charge in [-0.15, -0.1) is 11.3 Å². The average Bonchev–Trinajstić information content (AvgIpc) is 2.72. The van der Waals surface area contributed by atoms with E-state index in [2.05, 4.69) is 10.3 Å². The van der Waals surface area contributed by atoms with Crippen molar-refractivity contribution in [2.45, 2.75) is 13.5 Å². The molecular formula is C12H10FIN2OS. The minimum Gasteiger partial charge on any atom is -0.345 e. The number of amides is 1. The maximum Gasteiger partial charge on any atom is 0.252 e. The van der Waals surface area contributed by atoms with Crippen LogP contribution in [0.3, 0.4) is 0 Å². The Morgan fingerprint density at radius 2 is 2.33 bits per heavy atom. The molecule has 1 heterocycles. The summed E-state index contributed by atoms with van der Waals surface area (Å²) in [4.78, 5) is 16.2. The molecule has 0 saturated carbocycles. The van der Waals surface area contributed by atoms with E-state index >= 15 is 0 Å². The highest BCUT2D eigenvalue weighted by Crippen LogP contribution is 2.14. The van der Waals surface area contributed by atoms with Crippen LogP contribution in [-0.2, 0) is 6.54 Å². The third kappa shape index (κ3) is 3.26. The molecular weight excluding hydrogens is 366 g/mol. The van der Waals surface area contributed by atoms with E-state index in [1.165, 1.54) is 29.5 Å². The Kier molecular flexibility index (Phi) is 4.28. The number of benzene rings is 1. The van der Waals surface area contributed by atoms with Crippen LogP contribution in [-0.4, -0.2) is 10.9 Å². The predicted molar refractivity (Wildman–Crippen MR) is 77.1 cm³/mol. The summed E-state index contributed by atoms with van der Waals surface area (Å²) in [7, 11) is 0. The fourth-order valence-electron chi connectivity index (χ4n) is 1.41. The van der Waals surface area contributed by atoms with Gasteiger partial charge in [0, 0.05) is 14.6 Å². The van der Waals surface area contributed by atoms with Crippen molar-refractivity contribution >= 4 is 39.8 Å². The highest BCUT2D eigenvalue weighted by atomic mass is 127. The first-order valence-electron chi connectivity index (χ1n) is 5.20. The van der Waals surface area contributed by atoms with E-state index in [0.717, 1.165) is 10.7 Å². The molecule has 3 nitrogen and oxygen atoms in total. The van der Waals surface area contributed by atoms with E-state index in [1.807, 2.05) is 34.9 Å². The van der Waals surface area contributed by atoms with Crippen LogP contribution >= 0.6 is 33.9 Å². The molecule has 2 rings (SSSR count). The quantitative estimate of drug-likeness (QED) is 0.837. The number of nitrogens with one attached hydrogen (secondary N) is 1.